The topological polar surface area (TPSA) is 49.4 Å². The number of hydrogen-bond donors (Lipinski definition) is 1. The molecule has 0 spiro atoms. The van der Waals surface area contributed by atoms with Crippen LogP contribution in [0.2, 0.25) is 10.0 Å². The third kappa shape index (κ3) is 8.21. The fourth-order valence-corrected chi connectivity index (χ4v) is 4.14. The summed E-state index contributed by atoms with van der Waals surface area (Å²) in [7, 11) is 0. The monoisotopic (exact) mass is 466 g/mol. The Kier molecular flexibility index (Phi) is 9.08. The molecule has 162 valence electrons. The van der Waals surface area contributed by atoms with Crippen LogP contribution in [0.1, 0.15) is 38.8 Å². The van der Waals surface area contributed by atoms with E-state index in [1.807, 2.05) is 63.2 Å². The van der Waals surface area contributed by atoms with Crippen molar-refractivity contribution in [2.45, 2.75) is 51.6 Å². The van der Waals surface area contributed by atoms with Crippen LogP contribution in [0.3, 0.4) is 0 Å². The van der Waals surface area contributed by atoms with Gasteiger partial charge in [0.25, 0.3) is 0 Å². The lowest BCUT2D eigenvalue weighted by atomic mass is 10.1. The Hall–Kier alpha value is -1.69. The molecule has 0 saturated carbocycles. The van der Waals surface area contributed by atoms with Crippen LogP contribution < -0.4 is 5.32 Å². The Morgan fingerprint density at radius 3 is 2.17 bits per heavy atom. The predicted octanol–water partition coefficient (Wildman–Crippen LogP) is 5.56. The molecule has 2 amide bonds. The first kappa shape index (κ1) is 24.6. The van der Waals surface area contributed by atoms with Gasteiger partial charge in [-0.05, 0) is 63.1 Å². The molecule has 4 nitrogen and oxygen atoms in total. The molecule has 0 saturated heterocycles. The van der Waals surface area contributed by atoms with E-state index in [9.17, 15) is 9.59 Å². The van der Waals surface area contributed by atoms with E-state index < -0.39 is 6.04 Å². The number of halogens is 2. The Balaban J connectivity index is 2.10. The Labute approximate surface area is 193 Å². The number of carbonyl (C=O) groups excluding carboxylic acids is 2. The lowest BCUT2D eigenvalue weighted by Gasteiger charge is -2.31. The molecule has 0 unspecified atom stereocenters. The van der Waals surface area contributed by atoms with Gasteiger partial charge in [0.2, 0.25) is 11.8 Å². The van der Waals surface area contributed by atoms with Gasteiger partial charge in [0.15, 0.2) is 0 Å². The van der Waals surface area contributed by atoms with Crippen molar-refractivity contribution in [2.75, 3.05) is 5.75 Å². The van der Waals surface area contributed by atoms with Crippen molar-refractivity contribution >= 4 is 46.8 Å². The zero-order chi connectivity index (χ0) is 22.3. The molecule has 0 bridgehead atoms. The smallest absolute Gasteiger partial charge is 0.242 e. The summed E-state index contributed by atoms with van der Waals surface area (Å²) in [5.41, 5.74) is 1.56. The largest absolute Gasteiger partial charge is 0.350 e. The number of nitrogens with zero attached hydrogens (tertiary/aromatic N) is 1. The molecule has 2 aromatic carbocycles. The van der Waals surface area contributed by atoms with Gasteiger partial charge in [0.05, 0.1) is 5.75 Å². The SMILES string of the molecule is C[C@@H](C(=O)NC(C)(C)C)N(Cc1cccc(Cl)c1)C(=O)CSCc1cccc(Cl)c1. The highest BCUT2D eigenvalue weighted by Gasteiger charge is 2.28. The molecular formula is C23H28Cl2N2O2S. The van der Waals surface area contributed by atoms with E-state index in [4.69, 9.17) is 23.2 Å². The highest BCUT2D eigenvalue weighted by Crippen LogP contribution is 2.19. The lowest BCUT2D eigenvalue weighted by Crippen LogP contribution is -2.52. The van der Waals surface area contributed by atoms with Crippen molar-refractivity contribution in [3.8, 4) is 0 Å². The van der Waals surface area contributed by atoms with Gasteiger partial charge in [-0.15, -0.1) is 11.8 Å². The maximum absolute atomic E-state index is 13.1. The first-order valence-electron chi connectivity index (χ1n) is 9.73. The minimum Gasteiger partial charge on any atom is -0.350 e. The van der Waals surface area contributed by atoms with Gasteiger partial charge in [-0.25, -0.2) is 0 Å². The van der Waals surface area contributed by atoms with Gasteiger partial charge in [0.1, 0.15) is 6.04 Å². The number of nitrogens with one attached hydrogen (secondary N) is 1. The van der Waals surface area contributed by atoms with Crippen LogP contribution >= 0.6 is 35.0 Å². The Morgan fingerprint density at radius 2 is 1.60 bits per heavy atom. The zero-order valence-corrected chi connectivity index (χ0v) is 20.1. The average molecular weight is 467 g/mol. The van der Waals surface area contributed by atoms with Crippen LogP contribution in [-0.2, 0) is 21.9 Å². The molecule has 0 aliphatic heterocycles. The molecular weight excluding hydrogens is 439 g/mol. The molecule has 2 aromatic rings. The van der Waals surface area contributed by atoms with Gasteiger partial charge in [-0.3, -0.25) is 9.59 Å². The van der Waals surface area contributed by atoms with Crippen LogP contribution in [0.15, 0.2) is 48.5 Å². The number of benzene rings is 2. The lowest BCUT2D eigenvalue weighted by molar-refractivity contribution is -0.139. The van der Waals surface area contributed by atoms with Gasteiger partial charge in [0, 0.05) is 27.9 Å². The Bertz CT molecular complexity index is 884. The molecule has 0 aliphatic carbocycles. The summed E-state index contributed by atoms with van der Waals surface area (Å²) in [5.74, 6) is 0.649. The van der Waals surface area contributed by atoms with E-state index in [-0.39, 0.29) is 23.1 Å². The van der Waals surface area contributed by atoms with Crippen molar-refractivity contribution in [3.63, 3.8) is 0 Å². The van der Waals surface area contributed by atoms with Crippen molar-refractivity contribution in [2.24, 2.45) is 0 Å². The van der Waals surface area contributed by atoms with E-state index >= 15 is 0 Å². The van der Waals surface area contributed by atoms with Crippen LogP contribution in [0.25, 0.3) is 0 Å². The van der Waals surface area contributed by atoms with Gasteiger partial charge < -0.3 is 10.2 Å². The minimum atomic E-state index is -0.609. The molecule has 0 heterocycles. The second-order valence-electron chi connectivity index (χ2n) is 8.19. The van der Waals surface area contributed by atoms with E-state index in [2.05, 4.69) is 5.32 Å². The number of rotatable bonds is 8. The Morgan fingerprint density at radius 1 is 1.03 bits per heavy atom. The molecule has 1 N–H and O–H groups in total. The maximum atomic E-state index is 13.1. The summed E-state index contributed by atoms with van der Waals surface area (Å²) in [6.45, 7) is 7.83. The molecule has 0 radical (unpaired) electrons. The van der Waals surface area contributed by atoms with Gasteiger partial charge in [-0.2, -0.15) is 0 Å². The zero-order valence-electron chi connectivity index (χ0n) is 17.7. The normalized spacial score (nSPS) is 12.3. The highest BCUT2D eigenvalue weighted by atomic mass is 35.5. The number of thioether (sulfide) groups is 1. The highest BCUT2D eigenvalue weighted by molar-refractivity contribution is 7.99. The predicted molar refractivity (Wildman–Crippen MR) is 127 cm³/mol. The molecule has 0 aliphatic rings. The third-order valence-corrected chi connectivity index (χ3v) is 5.75. The van der Waals surface area contributed by atoms with Crippen LogP contribution in [0, 0.1) is 0 Å². The summed E-state index contributed by atoms with van der Waals surface area (Å²) in [6.07, 6.45) is 0. The quantitative estimate of drug-likeness (QED) is 0.553. The fourth-order valence-electron chi connectivity index (χ4n) is 2.85. The second-order valence-corrected chi connectivity index (χ2v) is 10.0. The van der Waals surface area contributed by atoms with E-state index in [1.165, 1.54) is 11.8 Å². The van der Waals surface area contributed by atoms with Crippen molar-refractivity contribution in [1.29, 1.82) is 0 Å². The van der Waals surface area contributed by atoms with Crippen molar-refractivity contribution < 1.29 is 9.59 Å². The van der Waals surface area contributed by atoms with Gasteiger partial charge >= 0.3 is 0 Å². The van der Waals surface area contributed by atoms with Crippen molar-refractivity contribution in [1.82, 2.24) is 10.2 Å². The molecule has 2 rings (SSSR count). The molecule has 0 aromatic heterocycles. The second kappa shape index (κ2) is 11.1. The van der Waals surface area contributed by atoms with Crippen LogP contribution in [0.4, 0.5) is 0 Å². The minimum absolute atomic E-state index is 0.0986. The third-order valence-electron chi connectivity index (χ3n) is 4.29. The van der Waals surface area contributed by atoms with E-state index in [0.29, 0.717) is 22.3 Å². The summed E-state index contributed by atoms with van der Waals surface area (Å²) in [4.78, 5) is 27.4. The maximum Gasteiger partial charge on any atom is 0.242 e. The van der Waals surface area contributed by atoms with E-state index in [1.54, 1.807) is 17.9 Å². The average Bonchev–Trinajstić information content (AvgIpc) is 2.64. The first-order valence-corrected chi connectivity index (χ1v) is 11.6. The molecule has 7 heteroatoms. The van der Waals surface area contributed by atoms with E-state index in [0.717, 1.165) is 11.1 Å². The summed E-state index contributed by atoms with van der Waals surface area (Å²) in [6, 6.07) is 14.3. The van der Waals surface area contributed by atoms with Crippen LogP contribution in [0.5, 0.6) is 0 Å². The molecule has 1 atom stereocenters. The molecule has 30 heavy (non-hydrogen) atoms. The fraction of sp³-hybridized carbons (Fsp3) is 0.391. The summed E-state index contributed by atoms with van der Waals surface area (Å²) < 4.78 is 0. The number of amides is 2. The van der Waals surface area contributed by atoms with Crippen molar-refractivity contribution in [3.05, 3.63) is 69.7 Å². The van der Waals surface area contributed by atoms with Gasteiger partial charge in [-0.1, -0.05) is 47.5 Å². The number of carbonyl (C=O) groups is 2. The van der Waals surface area contributed by atoms with Crippen LogP contribution in [-0.4, -0.2) is 34.0 Å². The standard InChI is InChI=1S/C23H28Cl2N2O2S/c1-16(22(29)26-23(2,3)4)27(13-17-7-5-9-19(24)11-17)21(28)15-30-14-18-8-6-10-20(25)12-18/h5-12,16H,13-15H2,1-4H3,(H,26,29)/t16-/m0/s1. The summed E-state index contributed by atoms with van der Waals surface area (Å²) >= 11 is 13.6. The number of hydrogen-bond acceptors (Lipinski definition) is 3. The molecule has 0 fully saturated rings. The first-order chi connectivity index (χ1) is 14.0. The summed E-state index contributed by atoms with van der Waals surface area (Å²) in [5, 5.41) is 4.23.